The highest BCUT2D eigenvalue weighted by Gasteiger charge is 2.22. The van der Waals surface area contributed by atoms with E-state index < -0.39 is 9.84 Å². The second-order valence-electron chi connectivity index (χ2n) is 5.51. The molecule has 0 spiro atoms. The number of hydrogen-bond acceptors (Lipinski definition) is 4. The van der Waals surface area contributed by atoms with Gasteiger partial charge in [-0.15, -0.1) is 0 Å². The summed E-state index contributed by atoms with van der Waals surface area (Å²) in [5.74, 6) is 0.520. The molecule has 1 saturated heterocycles. The van der Waals surface area contributed by atoms with Crippen LogP contribution in [0.5, 0.6) is 0 Å². The largest absolute Gasteiger partial charge is 0.297 e. The van der Waals surface area contributed by atoms with E-state index in [-0.39, 0.29) is 11.5 Å². The van der Waals surface area contributed by atoms with Crippen molar-refractivity contribution in [2.75, 3.05) is 24.6 Å². The zero-order chi connectivity index (χ0) is 14.9. The van der Waals surface area contributed by atoms with Crippen molar-refractivity contribution < 1.29 is 8.42 Å². The minimum Gasteiger partial charge on any atom is -0.297 e. The van der Waals surface area contributed by atoms with Gasteiger partial charge in [-0.05, 0) is 24.6 Å². The zero-order valence-electron chi connectivity index (χ0n) is 12.1. The Kier molecular flexibility index (Phi) is 3.82. The van der Waals surface area contributed by atoms with Crippen molar-refractivity contribution in [3.05, 3.63) is 47.8 Å². The summed E-state index contributed by atoms with van der Waals surface area (Å²) < 4.78 is 24.9. The minimum atomic E-state index is -2.83. The molecule has 0 aliphatic carbocycles. The van der Waals surface area contributed by atoms with E-state index in [4.69, 9.17) is 0 Å². The first-order valence-corrected chi connectivity index (χ1v) is 8.88. The number of hydrogen-bond donors (Lipinski definition) is 0. The fraction of sp³-hybridized carbons (Fsp3) is 0.400. The van der Waals surface area contributed by atoms with Gasteiger partial charge in [0, 0.05) is 32.0 Å². The molecule has 112 valence electrons. The summed E-state index contributed by atoms with van der Waals surface area (Å²) in [6.45, 7) is 4.03. The van der Waals surface area contributed by atoms with Crippen molar-refractivity contribution in [1.82, 2.24) is 14.7 Å². The maximum atomic E-state index is 11.5. The molecule has 3 rings (SSSR count). The predicted octanol–water partition coefficient (Wildman–Crippen LogP) is 1.41. The molecule has 0 saturated carbocycles. The van der Waals surface area contributed by atoms with E-state index in [1.807, 2.05) is 16.9 Å². The van der Waals surface area contributed by atoms with Crippen molar-refractivity contribution in [3.8, 4) is 5.69 Å². The fourth-order valence-corrected chi connectivity index (χ4v) is 3.90. The third-order valence-corrected chi connectivity index (χ3v) is 5.43. The first-order valence-electron chi connectivity index (χ1n) is 7.06. The van der Waals surface area contributed by atoms with Crippen LogP contribution in [0.1, 0.15) is 11.1 Å². The molecule has 0 bridgehead atoms. The Hall–Kier alpha value is -1.66. The van der Waals surface area contributed by atoms with Crippen LogP contribution < -0.4 is 0 Å². The van der Waals surface area contributed by atoms with Crippen molar-refractivity contribution in [2.24, 2.45) is 0 Å². The average Bonchev–Trinajstić information content (AvgIpc) is 2.95. The third-order valence-electron chi connectivity index (χ3n) is 3.82. The Morgan fingerprint density at radius 2 is 2.00 bits per heavy atom. The molecule has 0 radical (unpaired) electrons. The van der Waals surface area contributed by atoms with Crippen LogP contribution in [0.2, 0.25) is 0 Å². The number of sulfone groups is 1. The zero-order valence-corrected chi connectivity index (χ0v) is 12.9. The van der Waals surface area contributed by atoms with Gasteiger partial charge in [0.15, 0.2) is 9.84 Å². The molecule has 1 aliphatic rings. The molecule has 1 aromatic carbocycles. The molecule has 0 amide bonds. The van der Waals surface area contributed by atoms with Gasteiger partial charge in [-0.2, -0.15) is 5.10 Å². The van der Waals surface area contributed by atoms with Gasteiger partial charge in [0.1, 0.15) is 0 Å². The van der Waals surface area contributed by atoms with Gasteiger partial charge in [0.25, 0.3) is 0 Å². The van der Waals surface area contributed by atoms with Crippen LogP contribution >= 0.6 is 0 Å². The number of rotatable bonds is 3. The topological polar surface area (TPSA) is 55.2 Å². The van der Waals surface area contributed by atoms with E-state index in [1.54, 1.807) is 6.20 Å². The Morgan fingerprint density at radius 1 is 1.24 bits per heavy atom. The summed E-state index contributed by atoms with van der Waals surface area (Å²) in [6.07, 6.45) is 3.69. The monoisotopic (exact) mass is 305 g/mol. The van der Waals surface area contributed by atoms with Crippen molar-refractivity contribution in [3.63, 3.8) is 0 Å². The van der Waals surface area contributed by atoms with Crippen LogP contribution in [-0.4, -0.2) is 47.7 Å². The second kappa shape index (κ2) is 5.61. The molecule has 0 N–H and O–H groups in total. The lowest BCUT2D eigenvalue weighted by Gasteiger charge is -2.27. The normalized spacial score (nSPS) is 18.7. The number of nitrogens with zero attached hydrogens (tertiary/aromatic N) is 3. The van der Waals surface area contributed by atoms with Gasteiger partial charge in [-0.25, -0.2) is 13.1 Å². The maximum Gasteiger partial charge on any atom is 0.152 e. The first-order chi connectivity index (χ1) is 10.0. The quantitative estimate of drug-likeness (QED) is 0.860. The smallest absolute Gasteiger partial charge is 0.152 e. The summed E-state index contributed by atoms with van der Waals surface area (Å²) in [6, 6.07) is 8.19. The number of aryl methyl sites for hydroxylation is 1. The lowest BCUT2D eigenvalue weighted by molar-refractivity contribution is 0.287. The van der Waals surface area contributed by atoms with Crippen LogP contribution in [-0.2, 0) is 16.4 Å². The van der Waals surface area contributed by atoms with E-state index in [0.29, 0.717) is 13.1 Å². The highest BCUT2D eigenvalue weighted by atomic mass is 32.2. The van der Waals surface area contributed by atoms with E-state index in [9.17, 15) is 8.42 Å². The maximum absolute atomic E-state index is 11.5. The van der Waals surface area contributed by atoms with Gasteiger partial charge < -0.3 is 0 Å². The molecule has 0 unspecified atom stereocenters. The summed E-state index contributed by atoms with van der Waals surface area (Å²) >= 11 is 0. The summed E-state index contributed by atoms with van der Waals surface area (Å²) in [5.41, 5.74) is 3.43. The van der Waals surface area contributed by atoms with E-state index in [1.165, 1.54) is 11.1 Å². The molecular weight excluding hydrogens is 286 g/mol. The van der Waals surface area contributed by atoms with E-state index in [0.717, 1.165) is 12.2 Å². The minimum absolute atomic E-state index is 0.260. The molecule has 1 aromatic heterocycles. The molecular formula is C15H19N3O2S. The Labute approximate surface area is 125 Å². The van der Waals surface area contributed by atoms with Crippen LogP contribution in [0, 0.1) is 6.92 Å². The van der Waals surface area contributed by atoms with Gasteiger partial charge in [0.05, 0.1) is 17.2 Å². The van der Waals surface area contributed by atoms with Gasteiger partial charge in [-0.3, -0.25) is 4.90 Å². The van der Waals surface area contributed by atoms with E-state index >= 15 is 0 Å². The summed E-state index contributed by atoms with van der Waals surface area (Å²) in [7, 11) is -2.83. The van der Waals surface area contributed by atoms with Gasteiger partial charge in [0.2, 0.25) is 0 Å². The first kappa shape index (κ1) is 14.3. The molecule has 21 heavy (non-hydrogen) atoms. The summed E-state index contributed by atoms with van der Waals surface area (Å²) in [5, 5.41) is 4.30. The molecule has 5 nitrogen and oxygen atoms in total. The van der Waals surface area contributed by atoms with Gasteiger partial charge >= 0.3 is 0 Å². The predicted molar refractivity (Wildman–Crippen MR) is 82.2 cm³/mol. The van der Waals surface area contributed by atoms with Crippen LogP contribution in [0.3, 0.4) is 0 Å². The molecule has 0 atom stereocenters. The Morgan fingerprint density at radius 3 is 2.67 bits per heavy atom. The molecule has 2 heterocycles. The Bertz CT molecular complexity index is 709. The SMILES string of the molecule is Cc1ccc(-n2cccn2)c(CN2CCS(=O)(=O)CC2)c1. The lowest BCUT2D eigenvalue weighted by atomic mass is 10.1. The molecule has 6 heteroatoms. The van der Waals surface area contributed by atoms with Crippen LogP contribution in [0.25, 0.3) is 5.69 Å². The van der Waals surface area contributed by atoms with Crippen molar-refractivity contribution >= 4 is 9.84 Å². The van der Waals surface area contributed by atoms with Crippen molar-refractivity contribution in [1.29, 1.82) is 0 Å². The molecule has 1 aliphatic heterocycles. The highest BCUT2D eigenvalue weighted by Crippen LogP contribution is 2.19. The van der Waals surface area contributed by atoms with Gasteiger partial charge in [-0.1, -0.05) is 17.7 Å². The number of benzene rings is 1. The fourth-order valence-electron chi connectivity index (χ4n) is 2.63. The van der Waals surface area contributed by atoms with E-state index in [2.05, 4.69) is 35.1 Å². The molecule has 2 aromatic rings. The third kappa shape index (κ3) is 3.33. The molecule has 1 fully saturated rings. The standard InChI is InChI=1S/C15H19N3O2S/c1-13-3-4-15(18-6-2-5-16-18)14(11-13)12-17-7-9-21(19,20)10-8-17/h2-6,11H,7-10,12H2,1H3. The Balaban J connectivity index is 1.83. The van der Waals surface area contributed by atoms with Crippen molar-refractivity contribution in [2.45, 2.75) is 13.5 Å². The summed E-state index contributed by atoms with van der Waals surface area (Å²) in [4.78, 5) is 2.20. The van der Waals surface area contributed by atoms with Crippen LogP contribution in [0.15, 0.2) is 36.7 Å². The number of aromatic nitrogens is 2. The van der Waals surface area contributed by atoms with Crippen LogP contribution in [0.4, 0.5) is 0 Å². The average molecular weight is 305 g/mol. The lowest BCUT2D eigenvalue weighted by Crippen LogP contribution is -2.39. The second-order valence-corrected chi connectivity index (χ2v) is 7.81. The highest BCUT2D eigenvalue weighted by molar-refractivity contribution is 7.91.